The van der Waals surface area contributed by atoms with E-state index in [0.29, 0.717) is 5.69 Å². The average Bonchev–Trinajstić information content (AvgIpc) is 2.74. The summed E-state index contributed by atoms with van der Waals surface area (Å²) in [6.07, 6.45) is 0. The van der Waals surface area contributed by atoms with E-state index >= 15 is 0 Å². The fourth-order valence-electron chi connectivity index (χ4n) is 1.50. The predicted molar refractivity (Wildman–Crippen MR) is 70.3 cm³/mol. The molecule has 0 aliphatic rings. The molecule has 0 saturated carbocycles. The molecule has 19 heavy (non-hydrogen) atoms. The average molecular weight is 299 g/mol. The van der Waals surface area contributed by atoms with Crippen molar-refractivity contribution in [2.75, 3.05) is 0 Å². The Labute approximate surface area is 115 Å². The van der Waals surface area contributed by atoms with Gasteiger partial charge in [-0.25, -0.2) is 14.2 Å². The predicted octanol–water partition coefficient (Wildman–Crippen LogP) is 2.60. The van der Waals surface area contributed by atoms with Gasteiger partial charge in [-0.05, 0) is 25.1 Å². The second kappa shape index (κ2) is 5.58. The highest BCUT2D eigenvalue weighted by Crippen LogP contribution is 2.19. The lowest BCUT2D eigenvalue weighted by molar-refractivity contribution is 0.0696. The number of carbonyl (C=O) groups is 1. The first-order valence-electron chi connectivity index (χ1n) is 5.29. The van der Waals surface area contributed by atoms with Crippen LogP contribution in [0.2, 0.25) is 0 Å². The molecule has 0 aliphatic carbocycles. The van der Waals surface area contributed by atoms with Crippen LogP contribution in [0.4, 0.5) is 4.39 Å². The van der Waals surface area contributed by atoms with Crippen LogP contribution in [-0.2, 0) is 16.6 Å². The number of hydrogen-bond donors (Lipinski definition) is 1. The lowest BCUT2D eigenvalue weighted by Crippen LogP contribution is -2.03. The van der Waals surface area contributed by atoms with Gasteiger partial charge < -0.3 is 5.11 Å². The van der Waals surface area contributed by atoms with Crippen LogP contribution in [0.25, 0.3) is 0 Å². The van der Waals surface area contributed by atoms with Gasteiger partial charge in [0, 0.05) is 5.38 Å². The van der Waals surface area contributed by atoms with Crippen LogP contribution in [0.3, 0.4) is 0 Å². The molecule has 100 valence electrons. The van der Waals surface area contributed by atoms with Crippen LogP contribution in [0.5, 0.6) is 0 Å². The zero-order valence-corrected chi connectivity index (χ0v) is 11.6. The number of aromatic nitrogens is 1. The van der Waals surface area contributed by atoms with Crippen molar-refractivity contribution in [1.29, 1.82) is 0 Å². The van der Waals surface area contributed by atoms with E-state index in [1.165, 1.54) is 11.3 Å². The van der Waals surface area contributed by atoms with Crippen LogP contribution in [-0.4, -0.2) is 20.3 Å². The van der Waals surface area contributed by atoms with Gasteiger partial charge in [0.25, 0.3) is 0 Å². The number of rotatable bonds is 4. The largest absolute Gasteiger partial charge is 0.478 e. The molecule has 2 rings (SSSR count). The van der Waals surface area contributed by atoms with Crippen molar-refractivity contribution in [2.24, 2.45) is 0 Å². The van der Waals surface area contributed by atoms with Crippen LogP contribution in [0.1, 0.15) is 21.1 Å². The molecule has 1 aromatic carbocycles. The minimum absolute atomic E-state index is 0.0737. The molecular weight excluding hydrogens is 289 g/mol. The minimum atomic E-state index is -1.65. The number of aryl methyl sites for hydroxylation is 1. The third-order valence-corrected chi connectivity index (χ3v) is 4.55. The molecule has 1 N–H and O–H groups in total. The second-order valence-corrected chi connectivity index (χ2v) is 6.28. The third-order valence-electron chi connectivity index (χ3n) is 2.37. The van der Waals surface area contributed by atoms with E-state index in [1.54, 1.807) is 5.38 Å². The van der Waals surface area contributed by atoms with E-state index in [-0.39, 0.29) is 16.2 Å². The number of halogens is 1. The first-order chi connectivity index (χ1) is 8.97. The van der Waals surface area contributed by atoms with Crippen molar-refractivity contribution in [3.8, 4) is 0 Å². The van der Waals surface area contributed by atoms with Gasteiger partial charge in [-0.15, -0.1) is 11.3 Å². The molecule has 0 saturated heterocycles. The zero-order chi connectivity index (χ0) is 14.0. The third kappa shape index (κ3) is 3.24. The van der Waals surface area contributed by atoms with Gasteiger partial charge in [0.2, 0.25) is 0 Å². The molecule has 0 spiro atoms. The summed E-state index contributed by atoms with van der Waals surface area (Å²) in [5.41, 5.74) is 0.528. The van der Waals surface area contributed by atoms with Gasteiger partial charge in [0.1, 0.15) is 5.82 Å². The number of hydrogen-bond acceptors (Lipinski definition) is 4. The van der Waals surface area contributed by atoms with Crippen LogP contribution < -0.4 is 0 Å². The van der Waals surface area contributed by atoms with Crippen molar-refractivity contribution in [1.82, 2.24) is 4.98 Å². The molecule has 0 radical (unpaired) electrons. The number of benzene rings is 1. The molecule has 2 aromatic rings. The van der Waals surface area contributed by atoms with Gasteiger partial charge >= 0.3 is 5.97 Å². The lowest BCUT2D eigenvalue weighted by Gasteiger charge is -2.03. The summed E-state index contributed by atoms with van der Waals surface area (Å²) in [5.74, 6) is -1.78. The standard InChI is InChI=1S/C12H10FNO3S2/c1-7-14-9(5-18-7)6-19(17)11-4-8(12(15)16)2-3-10(11)13/h2-5H,6H2,1H3,(H,15,16). The van der Waals surface area contributed by atoms with Crippen molar-refractivity contribution >= 4 is 28.1 Å². The molecule has 0 fully saturated rings. The smallest absolute Gasteiger partial charge is 0.335 e. The Morgan fingerprint density at radius 1 is 1.53 bits per heavy atom. The molecule has 1 unspecified atom stereocenters. The maximum Gasteiger partial charge on any atom is 0.335 e. The van der Waals surface area contributed by atoms with E-state index in [9.17, 15) is 13.4 Å². The van der Waals surface area contributed by atoms with Gasteiger partial charge in [-0.1, -0.05) is 0 Å². The Bertz CT molecular complexity index is 654. The highest BCUT2D eigenvalue weighted by atomic mass is 32.2. The van der Waals surface area contributed by atoms with Gasteiger partial charge in [-0.2, -0.15) is 0 Å². The Morgan fingerprint density at radius 2 is 2.26 bits per heavy atom. The summed E-state index contributed by atoms with van der Waals surface area (Å²) in [7, 11) is -1.65. The van der Waals surface area contributed by atoms with Crippen molar-refractivity contribution in [2.45, 2.75) is 17.6 Å². The fraction of sp³-hybridized carbons (Fsp3) is 0.167. The highest BCUT2D eigenvalue weighted by Gasteiger charge is 2.15. The van der Waals surface area contributed by atoms with E-state index in [1.807, 2.05) is 6.92 Å². The highest BCUT2D eigenvalue weighted by molar-refractivity contribution is 7.84. The number of carboxylic acids is 1. The van der Waals surface area contributed by atoms with E-state index < -0.39 is 22.6 Å². The Morgan fingerprint density at radius 3 is 2.84 bits per heavy atom. The first-order valence-corrected chi connectivity index (χ1v) is 7.49. The fourth-order valence-corrected chi connectivity index (χ4v) is 3.33. The zero-order valence-electron chi connectivity index (χ0n) is 9.92. The van der Waals surface area contributed by atoms with E-state index in [4.69, 9.17) is 5.11 Å². The molecule has 0 bridgehead atoms. The summed E-state index contributed by atoms with van der Waals surface area (Å²) in [6.45, 7) is 1.82. The molecule has 0 aliphatic heterocycles. The summed E-state index contributed by atoms with van der Waals surface area (Å²) in [5, 5.41) is 11.4. The van der Waals surface area contributed by atoms with Gasteiger partial charge in [0.05, 0.1) is 37.7 Å². The number of carboxylic acid groups (broad SMARTS) is 1. The van der Waals surface area contributed by atoms with Gasteiger partial charge in [0.15, 0.2) is 0 Å². The first kappa shape index (κ1) is 13.8. The lowest BCUT2D eigenvalue weighted by atomic mass is 10.2. The Balaban J connectivity index is 2.27. The summed E-state index contributed by atoms with van der Waals surface area (Å²) < 4.78 is 25.6. The normalized spacial score (nSPS) is 12.3. The monoisotopic (exact) mass is 299 g/mol. The van der Waals surface area contributed by atoms with Crippen LogP contribution in [0, 0.1) is 12.7 Å². The maximum atomic E-state index is 13.6. The SMILES string of the molecule is Cc1nc(CS(=O)c2cc(C(=O)O)ccc2F)cs1. The molecule has 0 amide bonds. The topological polar surface area (TPSA) is 67.3 Å². The molecular formula is C12H10FNO3S2. The summed E-state index contributed by atoms with van der Waals surface area (Å²) in [4.78, 5) is 14.9. The van der Waals surface area contributed by atoms with E-state index in [2.05, 4.69) is 4.98 Å². The molecule has 7 heteroatoms. The molecule has 4 nitrogen and oxygen atoms in total. The van der Waals surface area contributed by atoms with Crippen LogP contribution >= 0.6 is 11.3 Å². The maximum absolute atomic E-state index is 13.6. The Hall–Kier alpha value is -1.60. The number of nitrogens with zero attached hydrogens (tertiary/aromatic N) is 1. The number of thiazole rings is 1. The molecule has 1 aromatic heterocycles. The summed E-state index contributed by atoms with van der Waals surface area (Å²) >= 11 is 1.42. The van der Waals surface area contributed by atoms with Crippen LogP contribution in [0.15, 0.2) is 28.5 Å². The van der Waals surface area contributed by atoms with Crippen molar-refractivity contribution in [3.05, 3.63) is 45.7 Å². The molecule has 1 atom stereocenters. The molecule has 1 heterocycles. The Kier molecular flexibility index (Phi) is 4.06. The second-order valence-electron chi connectivity index (χ2n) is 3.80. The van der Waals surface area contributed by atoms with E-state index in [0.717, 1.165) is 23.2 Å². The minimum Gasteiger partial charge on any atom is -0.478 e. The van der Waals surface area contributed by atoms with Crippen molar-refractivity contribution < 1.29 is 18.5 Å². The number of aromatic carboxylic acids is 1. The van der Waals surface area contributed by atoms with Gasteiger partial charge in [-0.3, -0.25) is 4.21 Å². The summed E-state index contributed by atoms with van der Waals surface area (Å²) in [6, 6.07) is 3.27. The van der Waals surface area contributed by atoms with Crippen molar-refractivity contribution in [3.63, 3.8) is 0 Å². The quantitative estimate of drug-likeness (QED) is 0.942.